The highest BCUT2D eigenvalue weighted by atomic mass is 35.5. The molecule has 2 aromatic carbocycles. The zero-order valence-electron chi connectivity index (χ0n) is 14.7. The molecule has 1 aliphatic heterocycles. The van der Waals surface area contributed by atoms with Crippen molar-refractivity contribution in [2.24, 2.45) is 0 Å². The van der Waals surface area contributed by atoms with Crippen LogP contribution in [-0.4, -0.2) is 34.4 Å². The third-order valence-electron chi connectivity index (χ3n) is 4.05. The molecule has 1 aliphatic rings. The minimum absolute atomic E-state index is 0.323. The lowest BCUT2D eigenvalue weighted by Crippen LogP contribution is -2.11. The first-order valence-electron chi connectivity index (χ1n) is 7.68. The first-order valence-corrected chi connectivity index (χ1v) is 8.05. The summed E-state index contributed by atoms with van der Waals surface area (Å²) >= 11 is 6.13. The minimum Gasteiger partial charge on any atom is -0.495 e. The Bertz CT molecular complexity index is 854. The van der Waals surface area contributed by atoms with Gasteiger partial charge < -0.3 is 29.0 Å². The molecule has 0 spiro atoms. The molecule has 138 valence electrons. The number of esters is 1. The first-order chi connectivity index (χ1) is 12.5. The molecule has 2 aromatic rings. The summed E-state index contributed by atoms with van der Waals surface area (Å²) < 4.78 is 26.6. The van der Waals surface area contributed by atoms with Crippen LogP contribution in [-0.2, 0) is 4.74 Å². The number of nitrogens with one attached hydrogen (secondary N) is 1. The van der Waals surface area contributed by atoms with Crippen LogP contribution >= 0.6 is 11.6 Å². The summed E-state index contributed by atoms with van der Waals surface area (Å²) in [4.78, 5) is 12.4. The van der Waals surface area contributed by atoms with Crippen molar-refractivity contribution in [2.45, 2.75) is 6.23 Å². The normalized spacial score (nSPS) is 15.1. The van der Waals surface area contributed by atoms with E-state index in [-0.39, 0.29) is 0 Å². The molecule has 0 aromatic heterocycles. The number of rotatable bonds is 6. The first kappa shape index (κ1) is 18.0. The molecule has 0 aliphatic carbocycles. The van der Waals surface area contributed by atoms with Crippen LogP contribution in [0.4, 0.5) is 5.69 Å². The fraction of sp³-hybridized carbons (Fsp3) is 0.278. The van der Waals surface area contributed by atoms with Gasteiger partial charge in [-0.1, -0.05) is 11.6 Å². The van der Waals surface area contributed by atoms with Gasteiger partial charge in [-0.2, -0.15) is 0 Å². The SMILES string of the molecule is COc1cc(NC2OC(=O)c3c2ccc(OC)c3OC)c(OC)cc1Cl. The van der Waals surface area contributed by atoms with Gasteiger partial charge >= 0.3 is 5.97 Å². The molecule has 7 nitrogen and oxygen atoms in total. The van der Waals surface area contributed by atoms with Crippen LogP contribution in [0.2, 0.25) is 5.02 Å². The number of halogens is 1. The van der Waals surface area contributed by atoms with Crippen LogP contribution in [0.3, 0.4) is 0 Å². The molecular weight excluding hydrogens is 362 g/mol. The molecule has 1 atom stereocenters. The number of cyclic esters (lactones) is 1. The van der Waals surface area contributed by atoms with E-state index in [1.807, 2.05) is 0 Å². The Hall–Kier alpha value is -2.80. The van der Waals surface area contributed by atoms with Crippen molar-refractivity contribution in [2.75, 3.05) is 33.8 Å². The van der Waals surface area contributed by atoms with E-state index in [0.717, 1.165) is 0 Å². The van der Waals surface area contributed by atoms with Crippen molar-refractivity contribution in [3.63, 3.8) is 0 Å². The topological polar surface area (TPSA) is 75.3 Å². The number of carbonyl (C=O) groups is 1. The lowest BCUT2D eigenvalue weighted by Gasteiger charge is -2.18. The number of ether oxygens (including phenoxy) is 5. The Kier molecular flexibility index (Phi) is 4.99. The van der Waals surface area contributed by atoms with Gasteiger partial charge in [-0.05, 0) is 12.1 Å². The summed E-state index contributed by atoms with van der Waals surface area (Å²) in [5, 5.41) is 3.54. The van der Waals surface area contributed by atoms with Gasteiger partial charge in [0.2, 0.25) is 6.23 Å². The molecule has 1 heterocycles. The molecule has 1 N–H and O–H groups in total. The van der Waals surface area contributed by atoms with Crippen molar-refractivity contribution >= 4 is 23.3 Å². The van der Waals surface area contributed by atoms with Gasteiger partial charge in [-0.15, -0.1) is 0 Å². The average Bonchev–Trinajstić information content (AvgIpc) is 2.97. The summed E-state index contributed by atoms with van der Waals surface area (Å²) in [5.41, 5.74) is 1.52. The minimum atomic E-state index is -0.725. The molecule has 8 heteroatoms. The fourth-order valence-electron chi connectivity index (χ4n) is 2.82. The van der Waals surface area contributed by atoms with Crippen LogP contribution in [0.25, 0.3) is 0 Å². The maximum Gasteiger partial charge on any atom is 0.344 e. The molecule has 0 fully saturated rings. The summed E-state index contributed by atoms with van der Waals surface area (Å²) in [6.45, 7) is 0. The van der Waals surface area contributed by atoms with Gasteiger partial charge in [0.1, 0.15) is 17.1 Å². The number of benzene rings is 2. The molecule has 0 radical (unpaired) electrons. The van der Waals surface area contributed by atoms with E-state index in [9.17, 15) is 4.79 Å². The molecule has 0 saturated heterocycles. The van der Waals surface area contributed by atoms with E-state index < -0.39 is 12.2 Å². The van der Waals surface area contributed by atoms with E-state index in [4.69, 9.17) is 35.3 Å². The van der Waals surface area contributed by atoms with Gasteiger partial charge in [0.15, 0.2) is 11.5 Å². The molecule has 3 rings (SSSR count). The standard InChI is InChI=1S/C18H18ClNO6/c1-22-12-6-5-9-15(16(12)25-4)18(21)26-17(9)20-11-8-13(23-2)10(19)7-14(11)24-3/h5-8,17,20H,1-4H3. The maximum atomic E-state index is 12.4. The third kappa shape index (κ3) is 2.94. The second-order valence-corrected chi connectivity index (χ2v) is 5.79. The monoisotopic (exact) mass is 379 g/mol. The number of hydrogen-bond acceptors (Lipinski definition) is 7. The Morgan fingerprint density at radius 1 is 0.962 bits per heavy atom. The second kappa shape index (κ2) is 7.21. The predicted octanol–water partition coefficient (Wildman–Crippen LogP) is 3.66. The maximum absolute atomic E-state index is 12.4. The highest BCUT2D eigenvalue weighted by molar-refractivity contribution is 6.32. The predicted molar refractivity (Wildman–Crippen MR) is 95.9 cm³/mol. The molecule has 1 unspecified atom stereocenters. The quantitative estimate of drug-likeness (QED) is 0.767. The Morgan fingerprint density at radius 2 is 1.65 bits per heavy atom. The summed E-state index contributed by atoms with van der Waals surface area (Å²) in [7, 11) is 6.01. The van der Waals surface area contributed by atoms with Crippen LogP contribution in [0.1, 0.15) is 22.1 Å². The van der Waals surface area contributed by atoms with Crippen molar-refractivity contribution in [3.05, 3.63) is 40.4 Å². The summed E-state index contributed by atoms with van der Waals surface area (Å²) in [5.74, 6) is 1.23. The zero-order chi connectivity index (χ0) is 18.8. The Labute approximate surface area is 155 Å². The Balaban J connectivity index is 2.01. The van der Waals surface area contributed by atoms with Gasteiger partial charge in [-0.3, -0.25) is 0 Å². The molecule has 26 heavy (non-hydrogen) atoms. The van der Waals surface area contributed by atoms with Crippen LogP contribution in [0, 0.1) is 0 Å². The van der Waals surface area contributed by atoms with E-state index >= 15 is 0 Å². The van der Waals surface area contributed by atoms with Gasteiger partial charge in [0.25, 0.3) is 0 Å². The number of methoxy groups -OCH3 is 4. The molecular formula is C18H18ClNO6. The smallest absolute Gasteiger partial charge is 0.344 e. The zero-order valence-corrected chi connectivity index (χ0v) is 15.5. The lowest BCUT2D eigenvalue weighted by atomic mass is 10.1. The fourth-order valence-corrected chi connectivity index (χ4v) is 3.05. The lowest BCUT2D eigenvalue weighted by molar-refractivity contribution is 0.0434. The molecule has 0 saturated carbocycles. The van der Waals surface area contributed by atoms with Crippen molar-refractivity contribution in [1.29, 1.82) is 0 Å². The van der Waals surface area contributed by atoms with Crippen LogP contribution in [0.15, 0.2) is 24.3 Å². The summed E-state index contributed by atoms with van der Waals surface area (Å²) in [6, 6.07) is 6.76. The van der Waals surface area contributed by atoms with Gasteiger partial charge in [0.05, 0.1) is 39.1 Å². The van der Waals surface area contributed by atoms with Gasteiger partial charge in [-0.25, -0.2) is 4.79 Å². The number of carbonyl (C=O) groups excluding carboxylic acids is 1. The van der Waals surface area contributed by atoms with Crippen molar-refractivity contribution in [1.82, 2.24) is 0 Å². The average molecular weight is 380 g/mol. The summed E-state index contributed by atoms with van der Waals surface area (Å²) in [6.07, 6.45) is -0.725. The highest BCUT2D eigenvalue weighted by Crippen LogP contribution is 2.44. The highest BCUT2D eigenvalue weighted by Gasteiger charge is 2.36. The van der Waals surface area contributed by atoms with Crippen LogP contribution < -0.4 is 24.3 Å². The van der Waals surface area contributed by atoms with Crippen LogP contribution in [0.5, 0.6) is 23.0 Å². The Morgan fingerprint density at radius 3 is 2.27 bits per heavy atom. The third-order valence-corrected chi connectivity index (χ3v) is 4.35. The van der Waals surface area contributed by atoms with E-state index in [2.05, 4.69) is 5.32 Å². The molecule has 0 amide bonds. The van der Waals surface area contributed by atoms with Crippen molar-refractivity contribution < 1.29 is 28.5 Å². The number of fused-ring (bicyclic) bond motifs is 1. The van der Waals surface area contributed by atoms with Crippen molar-refractivity contribution in [3.8, 4) is 23.0 Å². The number of anilines is 1. The number of hydrogen-bond donors (Lipinski definition) is 1. The van der Waals surface area contributed by atoms with E-state index in [1.54, 1.807) is 24.3 Å². The van der Waals surface area contributed by atoms with Gasteiger partial charge in [0, 0.05) is 17.7 Å². The molecule has 0 bridgehead atoms. The van der Waals surface area contributed by atoms with E-state index in [0.29, 0.717) is 44.8 Å². The second-order valence-electron chi connectivity index (χ2n) is 5.38. The largest absolute Gasteiger partial charge is 0.495 e. The van der Waals surface area contributed by atoms with E-state index in [1.165, 1.54) is 28.4 Å².